The SMILES string of the molecule is CCNC(=NCc1cccc(Cn2cccn2)c1)NCC1(CCO)CCCCC1.I. The topological polar surface area (TPSA) is 74.5 Å². The molecule has 30 heavy (non-hydrogen) atoms. The third-order valence-corrected chi connectivity index (χ3v) is 5.85. The molecule has 1 saturated carbocycles. The van der Waals surface area contributed by atoms with Gasteiger partial charge in [-0.2, -0.15) is 5.10 Å². The van der Waals surface area contributed by atoms with Gasteiger partial charge in [-0.3, -0.25) is 4.68 Å². The van der Waals surface area contributed by atoms with E-state index in [9.17, 15) is 5.11 Å². The van der Waals surface area contributed by atoms with E-state index in [4.69, 9.17) is 4.99 Å². The molecule has 7 heteroatoms. The summed E-state index contributed by atoms with van der Waals surface area (Å²) >= 11 is 0. The normalized spacial score (nSPS) is 16.0. The van der Waals surface area contributed by atoms with Crippen molar-refractivity contribution in [2.24, 2.45) is 10.4 Å². The van der Waals surface area contributed by atoms with E-state index in [-0.39, 0.29) is 36.0 Å². The van der Waals surface area contributed by atoms with Gasteiger partial charge in [0, 0.05) is 32.1 Å². The largest absolute Gasteiger partial charge is 0.396 e. The zero-order chi connectivity index (χ0) is 20.4. The van der Waals surface area contributed by atoms with E-state index in [1.165, 1.54) is 43.2 Å². The predicted molar refractivity (Wildman–Crippen MR) is 133 cm³/mol. The number of aliphatic imine (C=N–C) groups is 1. The Morgan fingerprint density at radius 2 is 1.97 bits per heavy atom. The molecule has 6 nitrogen and oxygen atoms in total. The molecule has 0 radical (unpaired) electrons. The monoisotopic (exact) mass is 525 g/mol. The van der Waals surface area contributed by atoms with Crippen LogP contribution in [0.3, 0.4) is 0 Å². The zero-order valence-electron chi connectivity index (χ0n) is 18.0. The molecule has 1 fully saturated rings. The van der Waals surface area contributed by atoms with E-state index in [0.717, 1.165) is 32.0 Å². The lowest BCUT2D eigenvalue weighted by Gasteiger charge is -2.37. The van der Waals surface area contributed by atoms with Crippen molar-refractivity contribution in [1.82, 2.24) is 20.4 Å². The number of aromatic nitrogens is 2. The smallest absolute Gasteiger partial charge is 0.191 e. The Hall–Kier alpha value is -1.61. The molecule has 1 aromatic carbocycles. The molecule has 1 aromatic heterocycles. The number of halogens is 1. The van der Waals surface area contributed by atoms with Gasteiger partial charge >= 0.3 is 0 Å². The second kappa shape index (κ2) is 12.9. The molecular weight excluding hydrogens is 489 g/mol. The number of nitrogens with one attached hydrogen (secondary N) is 2. The number of aliphatic hydroxyl groups excluding tert-OH is 1. The van der Waals surface area contributed by atoms with E-state index in [1.807, 2.05) is 16.9 Å². The van der Waals surface area contributed by atoms with Crippen molar-refractivity contribution >= 4 is 29.9 Å². The lowest BCUT2D eigenvalue weighted by atomic mass is 9.72. The molecular formula is C23H36IN5O. The van der Waals surface area contributed by atoms with Crippen LogP contribution in [0.25, 0.3) is 0 Å². The highest BCUT2D eigenvalue weighted by Gasteiger charge is 2.31. The van der Waals surface area contributed by atoms with Gasteiger partial charge in [-0.1, -0.05) is 43.5 Å². The first-order chi connectivity index (χ1) is 14.2. The van der Waals surface area contributed by atoms with Crippen LogP contribution in [0, 0.1) is 5.41 Å². The molecule has 3 rings (SSSR count). The summed E-state index contributed by atoms with van der Waals surface area (Å²) in [5.74, 6) is 0.855. The lowest BCUT2D eigenvalue weighted by molar-refractivity contribution is 0.131. The molecule has 1 aliphatic rings. The van der Waals surface area contributed by atoms with Crippen LogP contribution >= 0.6 is 24.0 Å². The number of guanidine groups is 1. The maximum atomic E-state index is 9.54. The van der Waals surface area contributed by atoms with Crippen LogP contribution in [0.5, 0.6) is 0 Å². The molecule has 0 aliphatic heterocycles. The van der Waals surface area contributed by atoms with Crippen LogP contribution in [-0.2, 0) is 13.1 Å². The lowest BCUT2D eigenvalue weighted by Crippen LogP contribution is -2.44. The molecule has 0 atom stereocenters. The van der Waals surface area contributed by atoms with Gasteiger partial charge in [-0.25, -0.2) is 4.99 Å². The molecule has 166 valence electrons. The fraction of sp³-hybridized carbons (Fsp3) is 0.565. The minimum Gasteiger partial charge on any atom is -0.396 e. The fourth-order valence-corrected chi connectivity index (χ4v) is 4.24. The van der Waals surface area contributed by atoms with Crippen molar-refractivity contribution in [3.8, 4) is 0 Å². The number of nitrogens with zero attached hydrogens (tertiary/aromatic N) is 3. The molecule has 2 aromatic rings. The van der Waals surface area contributed by atoms with Crippen LogP contribution in [0.2, 0.25) is 0 Å². The molecule has 0 bridgehead atoms. The first-order valence-corrected chi connectivity index (χ1v) is 10.9. The molecule has 3 N–H and O–H groups in total. The van der Waals surface area contributed by atoms with Crippen molar-refractivity contribution in [3.05, 3.63) is 53.9 Å². The number of aliphatic hydroxyl groups is 1. The van der Waals surface area contributed by atoms with E-state index in [2.05, 4.69) is 46.9 Å². The van der Waals surface area contributed by atoms with Crippen molar-refractivity contribution in [2.75, 3.05) is 19.7 Å². The zero-order valence-corrected chi connectivity index (χ0v) is 20.3. The average Bonchev–Trinajstić information content (AvgIpc) is 3.24. The highest BCUT2D eigenvalue weighted by molar-refractivity contribution is 14.0. The van der Waals surface area contributed by atoms with E-state index in [0.29, 0.717) is 6.54 Å². The Bertz CT molecular complexity index is 751. The van der Waals surface area contributed by atoms with Gasteiger partial charge in [0.25, 0.3) is 0 Å². The van der Waals surface area contributed by atoms with E-state index in [1.54, 1.807) is 6.20 Å². The summed E-state index contributed by atoms with van der Waals surface area (Å²) in [5, 5.41) is 20.7. The van der Waals surface area contributed by atoms with Crippen molar-refractivity contribution in [1.29, 1.82) is 0 Å². The second-order valence-corrected chi connectivity index (χ2v) is 8.11. The van der Waals surface area contributed by atoms with Gasteiger partial charge < -0.3 is 15.7 Å². The Balaban J connectivity index is 0.00000320. The highest BCUT2D eigenvalue weighted by atomic mass is 127. The van der Waals surface area contributed by atoms with Crippen LogP contribution in [0.4, 0.5) is 0 Å². The quantitative estimate of drug-likeness (QED) is 0.264. The number of rotatable bonds is 9. The predicted octanol–water partition coefficient (Wildman–Crippen LogP) is 3.94. The molecule has 1 heterocycles. The summed E-state index contributed by atoms with van der Waals surface area (Å²) < 4.78 is 1.93. The molecule has 0 unspecified atom stereocenters. The molecule has 0 amide bonds. The maximum Gasteiger partial charge on any atom is 0.191 e. The Morgan fingerprint density at radius 3 is 2.67 bits per heavy atom. The second-order valence-electron chi connectivity index (χ2n) is 8.11. The van der Waals surface area contributed by atoms with Gasteiger partial charge in [-0.15, -0.1) is 24.0 Å². The number of hydrogen-bond acceptors (Lipinski definition) is 3. The third kappa shape index (κ3) is 7.58. The molecule has 0 spiro atoms. The van der Waals surface area contributed by atoms with Gasteiger partial charge in [0.05, 0.1) is 13.1 Å². The summed E-state index contributed by atoms with van der Waals surface area (Å²) in [7, 11) is 0. The number of benzene rings is 1. The highest BCUT2D eigenvalue weighted by Crippen LogP contribution is 2.38. The summed E-state index contributed by atoms with van der Waals surface area (Å²) in [6.07, 6.45) is 10.9. The van der Waals surface area contributed by atoms with Crippen molar-refractivity contribution in [3.63, 3.8) is 0 Å². The summed E-state index contributed by atoms with van der Waals surface area (Å²) in [6, 6.07) is 10.5. The van der Waals surface area contributed by atoms with Gasteiger partial charge in [0.15, 0.2) is 5.96 Å². The standard InChI is InChI=1S/C23H35N5O.HI/c1-2-24-22(26-19-23(12-15-29)10-4-3-5-11-23)25-17-20-8-6-9-21(16-20)18-28-14-7-13-27-28;/h6-9,13-14,16,29H,2-5,10-12,15,17-19H2,1H3,(H2,24,25,26);1H. The maximum absolute atomic E-state index is 9.54. The summed E-state index contributed by atoms with van der Waals surface area (Å²) in [6.45, 7) is 5.46. The fourth-order valence-electron chi connectivity index (χ4n) is 4.24. The van der Waals surface area contributed by atoms with Crippen molar-refractivity contribution < 1.29 is 5.11 Å². The Morgan fingerprint density at radius 1 is 1.17 bits per heavy atom. The Labute approximate surface area is 197 Å². The van der Waals surface area contributed by atoms with Crippen LogP contribution in [0.1, 0.15) is 56.6 Å². The average molecular weight is 525 g/mol. The summed E-state index contributed by atoms with van der Waals surface area (Å²) in [5.41, 5.74) is 2.62. The van der Waals surface area contributed by atoms with Gasteiger partial charge in [-0.05, 0) is 48.8 Å². The van der Waals surface area contributed by atoms with Crippen LogP contribution < -0.4 is 10.6 Å². The first kappa shape index (κ1) is 24.7. The molecule has 0 saturated heterocycles. The van der Waals surface area contributed by atoms with Crippen LogP contribution in [-0.4, -0.2) is 40.5 Å². The van der Waals surface area contributed by atoms with Crippen molar-refractivity contribution in [2.45, 2.75) is 58.5 Å². The summed E-state index contributed by atoms with van der Waals surface area (Å²) in [4.78, 5) is 4.81. The van der Waals surface area contributed by atoms with E-state index < -0.39 is 0 Å². The first-order valence-electron chi connectivity index (χ1n) is 10.9. The molecule has 1 aliphatic carbocycles. The minimum atomic E-state index is 0. The van der Waals surface area contributed by atoms with Gasteiger partial charge in [0.2, 0.25) is 0 Å². The Kier molecular flexibility index (Phi) is 10.6. The minimum absolute atomic E-state index is 0. The number of hydrogen-bond donors (Lipinski definition) is 3. The van der Waals surface area contributed by atoms with Crippen LogP contribution in [0.15, 0.2) is 47.7 Å². The van der Waals surface area contributed by atoms with Gasteiger partial charge in [0.1, 0.15) is 0 Å². The third-order valence-electron chi connectivity index (χ3n) is 5.85. The van der Waals surface area contributed by atoms with E-state index >= 15 is 0 Å².